The molecule has 0 fully saturated rings. The van der Waals surface area contributed by atoms with Gasteiger partial charge in [0.05, 0.1) is 55.4 Å². The number of hydrogen-bond donors (Lipinski definition) is 0. The maximum absolute atomic E-state index is 13.3. The standard InChI is InChI=1S/C22H26N2O4S.C5H12O.C4H5NO.C2H4O/c1-22(2,3)18-7-6-14(9-19(18)27-4)20(25)24-11-15(21(26)28-5)8-17(24)10-16-12-29-13-23-16;1-5(2,3)6-4;1-4-2-3-5-6-4;1-2-3/h6-9,12-13,17H,10-11H2,1-5H3;1-4H3;2-3H,1H3;2H,1H3. The Morgan fingerprint density at radius 1 is 1.11 bits per heavy atom. The van der Waals surface area contributed by atoms with Gasteiger partial charge in [0.2, 0.25) is 0 Å². The number of carbonyl (C=O) groups excluding carboxylic acids is 3. The van der Waals surface area contributed by atoms with Crippen molar-refractivity contribution in [3.05, 3.63) is 75.6 Å². The maximum atomic E-state index is 13.3. The second-order valence-corrected chi connectivity index (χ2v) is 12.4. The van der Waals surface area contributed by atoms with Crippen LogP contribution in [-0.4, -0.2) is 72.7 Å². The van der Waals surface area contributed by atoms with Crippen LogP contribution in [-0.2, 0) is 30.9 Å². The minimum Gasteiger partial charge on any atom is -0.496 e. The number of aryl methyl sites for hydroxylation is 1. The summed E-state index contributed by atoms with van der Waals surface area (Å²) in [5.41, 5.74) is 4.63. The molecule has 1 atom stereocenters. The number of nitrogens with zero attached hydrogens (tertiary/aromatic N) is 3. The lowest BCUT2D eigenvalue weighted by atomic mass is 9.85. The normalized spacial score (nSPS) is 14.0. The van der Waals surface area contributed by atoms with E-state index in [9.17, 15) is 9.59 Å². The molecule has 3 aromatic rings. The van der Waals surface area contributed by atoms with Gasteiger partial charge in [0.15, 0.2) is 0 Å². The van der Waals surface area contributed by atoms with Gasteiger partial charge in [0, 0.05) is 30.5 Å². The highest BCUT2D eigenvalue weighted by molar-refractivity contribution is 7.07. The molecule has 1 aliphatic heterocycles. The van der Waals surface area contributed by atoms with Crippen LogP contribution in [0.15, 0.2) is 57.5 Å². The number of amides is 1. The van der Waals surface area contributed by atoms with Gasteiger partial charge < -0.3 is 28.4 Å². The van der Waals surface area contributed by atoms with E-state index in [0.29, 0.717) is 23.3 Å². The number of thiazole rings is 1. The number of esters is 1. The fourth-order valence-corrected chi connectivity index (χ4v) is 4.34. The fraction of sp³-hybridized carbons (Fsp3) is 0.485. The maximum Gasteiger partial charge on any atom is 0.335 e. The Bertz CT molecular complexity index is 1320. The molecule has 2 aromatic heterocycles. The summed E-state index contributed by atoms with van der Waals surface area (Å²) < 4.78 is 19.9. The smallest absolute Gasteiger partial charge is 0.335 e. The molecule has 1 amide bonds. The first-order valence-corrected chi connectivity index (χ1v) is 15.0. The quantitative estimate of drug-likeness (QED) is 0.239. The van der Waals surface area contributed by atoms with E-state index in [4.69, 9.17) is 19.0 Å². The molecule has 1 aliphatic rings. The highest BCUT2D eigenvalue weighted by atomic mass is 32.1. The minimum atomic E-state index is -0.413. The minimum absolute atomic E-state index is 0.0417. The molecule has 10 nitrogen and oxygen atoms in total. The first kappa shape index (κ1) is 38.2. The van der Waals surface area contributed by atoms with E-state index in [2.05, 4.69) is 35.4 Å². The molecule has 44 heavy (non-hydrogen) atoms. The first-order valence-electron chi connectivity index (χ1n) is 14.1. The molecule has 0 saturated heterocycles. The summed E-state index contributed by atoms with van der Waals surface area (Å²) in [4.78, 5) is 40.2. The van der Waals surface area contributed by atoms with Crippen molar-refractivity contribution in [1.82, 2.24) is 15.0 Å². The van der Waals surface area contributed by atoms with Crippen LogP contribution in [0.5, 0.6) is 5.75 Å². The number of benzene rings is 1. The third kappa shape index (κ3) is 12.8. The van der Waals surface area contributed by atoms with Crippen molar-refractivity contribution in [1.29, 1.82) is 0 Å². The lowest BCUT2D eigenvalue weighted by molar-refractivity contribution is -0.136. The van der Waals surface area contributed by atoms with Gasteiger partial charge in [-0.25, -0.2) is 9.78 Å². The highest BCUT2D eigenvalue weighted by Gasteiger charge is 2.33. The molecule has 0 saturated carbocycles. The van der Waals surface area contributed by atoms with Crippen molar-refractivity contribution >= 4 is 29.5 Å². The zero-order valence-electron chi connectivity index (χ0n) is 27.8. The Morgan fingerprint density at radius 3 is 2.16 bits per heavy atom. The van der Waals surface area contributed by atoms with Crippen molar-refractivity contribution in [3.63, 3.8) is 0 Å². The number of ether oxygens (including phenoxy) is 3. The zero-order chi connectivity index (χ0) is 33.5. The van der Waals surface area contributed by atoms with Crippen molar-refractivity contribution in [2.75, 3.05) is 27.9 Å². The lowest BCUT2D eigenvalue weighted by Gasteiger charge is -2.26. The number of aromatic nitrogens is 2. The van der Waals surface area contributed by atoms with E-state index >= 15 is 0 Å². The van der Waals surface area contributed by atoms with Crippen molar-refractivity contribution in [2.45, 2.75) is 78.9 Å². The predicted molar refractivity (Wildman–Crippen MR) is 172 cm³/mol. The van der Waals surface area contributed by atoms with E-state index in [0.717, 1.165) is 23.3 Å². The van der Waals surface area contributed by atoms with Crippen LogP contribution in [0.2, 0.25) is 0 Å². The molecule has 3 heterocycles. The van der Waals surface area contributed by atoms with E-state index < -0.39 is 5.97 Å². The Labute approximate surface area is 265 Å². The number of hydrogen-bond acceptors (Lipinski definition) is 10. The molecule has 0 N–H and O–H groups in total. The van der Waals surface area contributed by atoms with Gasteiger partial charge in [-0.05, 0) is 63.8 Å². The van der Waals surface area contributed by atoms with Crippen LogP contribution in [0, 0.1) is 6.92 Å². The molecule has 0 radical (unpaired) electrons. The highest BCUT2D eigenvalue weighted by Crippen LogP contribution is 2.33. The van der Waals surface area contributed by atoms with Crippen LogP contribution in [0.25, 0.3) is 0 Å². The van der Waals surface area contributed by atoms with Crippen LogP contribution in [0.3, 0.4) is 0 Å². The summed E-state index contributed by atoms with van der Waals surface area (Å²) in [6, 6.07) is 7.08. The molecule has 11 heteroatoms. The SMILES string of the molecule is CC=O.COC(=O)C1=CC(Cc2cscn2)N(C(=O)c2ccc(C(C)(C)C)c(OC)c2)C1.COC(C)(C)C.Cc1ccno1. The molecule has 1 aromatic carbocycles. The van der Waals surface area contributed by atoms with Gasteiger partial charge in [-0.1, -0.05) is 32.0 Å². The van der Waals surface area contributed by atoms with Gasteiger partial charge in [-0.15, -0.1) is 11.3 Å². The van der Waals surface area contributed by atoms with Gasteiger partial charge in [-0.3, -0.25) is 4.79 Å². The Morgan fingerprint density at radius 2 is 1.75 bits per heavy atom. The van der Waals surface area contributed by atoms with Crippen LogP contribution in [0.1, 0.15) is 75.8 Å². The molecular formula is C33H47N3O7S. The van der Waals surface area contributed by atoms with Crippen molar-refractivity contribution < 1.29 is 33.1 Å². The molecule has 4 rings (SSSR count). The zero-order valence-corrected chi connectivity index (χ0v) is 28.6. The third-order valence-corrected chi connectivity index (χ3v) is 6.82. The number of carbonyl (C=O) groups is 3. The largest absolute Gasteiger partial charge is 0.496 e. The summed E-state index contributed by atoms with van der Waals surface area (Å²) in [6.07, 6.45) is 4.73. The van der Waals surface area contributed by atoms with Crippen molar-refractivity contribution in [2.24, 2.45) is 0 Å². The number of aldehydes is 1. The molecule has 0 spiro atoms. The Balaban J connectivity index is 0.000000529. The molecule has 0 bridgehead atoms. The number of methoxy groups -OCH3 is 3. The number of rotatable bonds is 5. The average Bonchev–Trinajstić information content (AvgIpc) is 3.75. The summed E-state index contributed by atoms with van der Waals surface area (Å²) in [5.74, 6) is 0.970. The summed E-state index contributed by atoms with van der Waals surface area (Å²) >= 11 is 1.51. The molecule has 242 valence electrons. The summed E-state index contributed by atoms with van der Waals surface area (Å²) in [7, 11) is 4.66. The predicted octanol–water partition coefficient (Wildman–Crippen LogP) is 6.24. The first-order chi connectivity index (χ1) is 20.6. The van der Waals surface area contributed by atoms with Gasteiger partial charge in [0.25, 0.3) is 5.91 Å². The molecule has 0 aliphatic carbocycles. The average molecular weight is 630 g/mol. The Kier molecular flexibility index (Phi) is 15.7. The van der Waals surface area contributed by atoms with Crippen LogP contribution < -0.4 is 4.74 Å². The van der Waals surface area contributed by atoms with Crippen LogP contribution in [0.4, 0.5) is 0 Å². The fourth-order valence-electron chi connectivity index (χ4n) is 3.77. The second-order valence-electron chi connectivity index (χ2n) is 11.7. The van der Waals surface area contributed by atoms with E-state index in [1.807, 2.05) is 51.3 Å². The second kappa shape index (κ2) is 18.1. The summed E-state index contributed by atoms with van der Waals surface area (Å²) in [6.45, 7) is 15.9. The Hall–Kier alpha value is -3.83. The van der Waals surface area contributed by atoms with Crippen molar-refractivity contribution in [3.8, 4) is 5.75 Å². The van der Waals surface area contributed by atoms with Crippen LogP contribution >= 0.6 is 11.3 Å². The van der Waals surface area contributed by atoms with Gasteiger partial charge >= 0.3 is 5.97 Å². The van der Waals surface area contributed by atoms with E-state index in [-0.39, 0.29) is 29.5 Å². The lowest BCUT2D eigenvalue weighted by Crippen LogP contribution is -2.38. The monoisotopic (exact) mass is 629 g/mol. The van der Waals surface area contributed by atoms with E-state index in [1.54, 1.807) is 43.0 Å². The third-order valence-electron chi connectivity index (χ3n) is 6.18. The van der Waals surface area contributed by atoms with E-state index in [1.165, 1.54) is 25.4 Å². The molecule has 1 unspecified atom stereocenters. The van der Waals surface area contributed by atoms with Gasteiger partial charge in [0.1, 0.15) is 17.8 Å². The molecular weight excluding hydrogens is 582 g/mol. The topological polar surface area (TPSA) is 121 Å². The summed E-state index contributed by atoms with van der Waals surface area (Å²) in [5, 5.41) is 5.40. The van der Waals surface area contributed by atoms with Gasteiger partial charge in [-0.2, -0.15) is 0 Å².